The summed E-state index contributed by atoms with van der Waals surface area (Å²) in [5, 5.41) is 20.5. The highest BCUT2D eigenvalue weighted by molar-refractivity contribution is 6.02. The molecule has 0 aliphatic carbocycles. The molecule has 0 unspecified atom stereocenters. The summed E-state index contributed by atoms with van der Waals surface area (Å²) in [5.74, 6) is 0.667. The smallest absolute Gasteiger partial charge is 0.226 e. The van der Waals surface area contributed by atoms with Crippen LogP contribution in [0.3, 0.4) is 0 Å². The van der Waals surface area contributed by atoms with E-state index in [-0.39, 0.29) is 11.9 Å². The van der Waals surface area contributed by atoms with Gasteiger partial charge in [-0.1, -0.05) is 18.2 Å². The molecule has 2 aliphatic rings. The van der Waals surface area contributed by atoms with E-state index < -0.39 is 0 Å². The lowest BCUT2D eigenvalue weighted by Gasteiger charge is -2.22. The van der Waals surface area contributed by atoms with Gasteiger partial charge in [0.25, 0.3) is 0 Å². The molecule has 1 atom stereocenters. The summed E-state index contributed by atoms with van der Waals surface area (Å²) in [7, 11) is 1.92. The molecule has 0 spiro atoms. The second-order valence-corrected chi connectivity index (χ2v) is 10.5. The van der Waals surface area contributed by atoms with E-state index in [9.17, 15) is 4.79 Å². The van der Waals surface area contributed by atoms with Gasteiger partial charge in [0, 0.05) is 48.8 Å². The number of para-hydroxylation sites is 1. The lowest BCUT2D eigenvalue weighted by Crippen LogP contribution is -2.30. The minimum Gasteiger partial charge on any atom is -0.380 e. The van der Waals surface area contributed by atoms with Gasteiger partial charge in [-0.3, -0.25) is 14.2 Å². The van der Waals surface area contributed by atoms with Crippen molar-refractivity contribution in [2.45, 2.75) is 38.8 Å². The number of benzene rings is 2. The highest BCUT2D eigenvalue weighted by Gasteiger charge is 2.22. The first-order valence-electron chi connectivity index (χ1n) is 13.5. The Bertz CT molecular complexity index is 1450. The number of hydrogen-bond acceptors (Lipinski definition) is 6. The van der Waals surface area contributed by atoms with E-state index in [1.165, 1.54) is 12.8 Å². The number of piperidine rings is 1. The number of anilines is 2. The Labute approximate surface area is 222 Å². The number of carbonyl (C=O) groups excluding carboxylic acids is 1. The number of nitrogens with zero attached hydrogens (tertiary/aromatic N) is 4. The summed E-state index contributed by atoms with van der Waals surface area (Å²) >= 11 is 0. The van der Waals surface area contributed by atoms with Crippen LogP contribution in [0.15, 0.2) is 48.8 Å². The Balaban J connectivity index is 1.33. The van der Waals surface area contributed by atoms with Gasteiger partial charge in [0.15, 0.2) is 0 Å². The summed E-state index contributed by atoms with van der Waals surface area (Å²) < 4.78 is 9.94. The lowest BCUT2D eigenvalue weighted by atomic mass is 9.99. The first-order chi connectivity index (χ1) is 18.5. The number of hydrogen-bond donors (Lipinski definition) is 3. The molecule has 1 saturated heterocycles. The van der Waals surface area contributed by atoms with Crippen LogP contribution >= 0.6 is 0 Å². The monoisotopic (exact) mass is 513 g/mol. The third kappa shape index (κ3) is 5.04. The Morgan fingerprint density at radius 2 is 2.00 bits per heavy atom. The van der Waals surface area contributed by atoms with Crippen LogP contribution in [0.25, 0.3) is 33.3 Å². The first kappa shape index (κ1) is 24.6. The zero-order valence-corrected chi connectivity index (χ0v) is 22.0. The number of rotatable bonds is 7. The number of aryl methyl sites for hydroxylation is 1. The van der Waals surface area contributed by atoms with Gasteiger partial charge in [-0.05, 0) is 62.5 Å². The zero-order chi connectivity index (χ0) is 26.1. The van der Waals surface area contributed by atoms with Crippen LogP contribution in [-0.2, 0) is 23.1 Å². The van der Waals surface area contributed by atoms with Crippen molar-refractivity contribution in [1.29, 1.82) is 0 Å². The minimum atomic E-state index is 0.0267. The van der Waals surface area contributed by atoms with E-state index in [4.69, 9.17) is 9.84 Å². The Morgan fingerprint density at radius 3 is 2.82 bits per heavy atom. The topological polar surface area (TPSA) is 98.0 Å². The molecular weight excluding hydrogens is 478 g/mol. The maximum atomic E-state index is 12.3. The average molecular weight is 514 g/mol. The van der Waals surface area contributed by atoms with Crippen molar-refractivity contribution in [2.24, 2.45) is 13.0 Å². The molecule has 0 saturated carbocycles. The van der Waals surface area contributed by atoms with Gasteiger partial charge in [-0.25, -0.2) is 0 Å². The number of nitrogens with one attached hydrogen (secondary N) is 3. The van der Waals surface area contributed by atoms with Crippen molar-refractivity contribution in [3.05, 3.63) is 48.8 Å². The SMILES string of the molecule is C[C@@H]1CC(=O)Nc2cccc(-c3ccc4c(c3)c(-c3cnn(C)c3)nn4CCOCC3CCNCC3)c2N1. The number of amides is 1. The predicted octanol–water partition coefficient (Wildman–Crippen LogP) is 4.26. The molecule has 9 heteroatoms. The van der Waals surface area contributed by atoms with E-state index in [1.807, 2.05) is 38.5 Å². The third-order valence-electron chi connectivity index (χ3n) is 7.52. The summed E-state index contributed by atoms with van der Waals surface area (Å²) in [5.41, 5.74) is 6.83. The molecule has 0 bridgehead atoms. The van der Waals surface area contributed by atoms with Crippen molar-refractivity contribution in [2.75, 3.05) is 36.9 Å². The normalized spacial score (nSPS) is 18.2. The van der Waals surface area contributed by atoms with Crippen LogP contribution in [0.2, 0.25) is 0 Å². The zero-order valence-electron chi connectivity index (χ0n) is 22.0. The third-order valence-corrected chi connectivity index (χ3v) is 7.52. The van der Waals surface area contributed by atoms with Gasteiger partial charge in [0.2, 0.25) is 5.91 Å². The fourth-order valence-corrected chi connectivity index (χ4v) is 5.55. The van der Waals surface area contributed by atoms with Gasteiger partial charge < -0.3 is 20.7 Å². The average Bonchev–Trinajstić information content (AvgIpc) is 3.46. The fraction of sp³-hybridized carbons (Fsp3) is 0.414. The van der Waals surface area contributed by atoms with Gasteiger partial charge in [0.1, 0.15) is 5.69 Å². The largest absolute Gasteiger partial charge is 0.380 e. The van der Waals surface area contributed by atoms with Crippen molar-refractivity contribution >= 4 is 28.2 Å². The Kier molecular flexibility index (Phi) is 6.86. The molecule has 1 amide bonds. The summed E-state index contributed by atoms with van der Waals surface area (Å²) in [6, 6.07) is 12.6. The van der Waals surface area contributed by atoms with Crippen LogP contribution in [0.4, 0.5) is 11.4 Å². The lowest BCUT2D eigenvalue weighted by molar-refractivity contribution is -0.116. The molecular formula is C29H35N7O2. The second-order valence-electron chi connectivity index (χ2n) is 10.5. The molecule has 4 aromatic rings. The van der Waals surface area contributed by atoms with Crippen molar-refractivity contribution in [3.8, 4) is 22.4 Å². The Hall–Kier alpha value is -3.69. The first-order valence-corrected chi connectivity index (χ1v) is 13.5. The van der Waals surface area contributed by atoms with E-state index in [0.717, 1.165) is 64.4 Å². The van der Waals surface area contributed by atoms with Crippen LogP contribution in [-0.4, -0.2) is 57.8 Å². The molecule has 3 N–H and O–H groups in total. The Morgan fingerprint density at radius 1 is 1.13 bits per heavy atom. The summed E-state index contributed by atoms with van der Waals surface area (Å²) in [6.45, 7) is 6.32. The molecule has 2 aromatic carbocycles. The van der Waals surface area contributed by atoms with Crippen LogP contribution in [0.5, 0.6) is 0 Å². The van der Waals surface area contributed by atoms with Gasteiger partial charge in [-0.2, -0.15) is 10.2 Å². The molecule has 198 valence electrons. The highest BCUT2D eigenvalue weighted by atomic mass is 16.5. The fourth-order valence-electron chi connectivity index (χ4n) is 5.55. The minimum absolute atomic E-state index is 0.0267. The van der Waals surface area contributed by atoms with Crippen molar-refractivity contribution in [1.82, 2.24) is 24.9 Å². The highest BCUT2D eigenvalue weighted by Crippen LogP contribution is 2.39. The number of carbonyl (C=O) groups is 1. The van der Waals surface area contributed by atoms with Crippen LogP contribution in [0, 0.1) is 5.92 Å². The van der Waals surface area contributed by atoms with E-state index in [2.05, 4.69) is 50.0 Å². The summed E-state index contributed by atoms with van der Waals surface area (Å²) in [6.07, 6.45) is 6.66. The molecule has 6 rings (SSSR count). The van der Waals surface area contributed by atoms with E-state index in [1.54, 1.807) is 4.68 Å². The van der Waals surface area contributed by atoms with Crippen molar-refractivity contribution in [3.63, 3.8) is 0 Å². The molecule has 1 fully saturated rings. The number of aromatic nitrogens is 4. The maximum Gasteiger partial charge on any atom is 0.226 e. The standard InChI is InChI=1S/C29H35N7O2/c1-19-14-27(37)33-25-5-3-4-23(29(25)32-19)21-6-7-26-24(15-21)28(22-16-31-35(2)17-22)34-36(26)12-13-38-18-20-8-10-30-11-9-20/h3-7,15-17,19-20,30,32H,8-14,18H2,1-2H3,(H,33,37)/t19-/m1/s1. The van der Waals surface area contributed by atoms with Crippen LogP contribution in [0.1, 0.15) is 26.2 Å². The quantitative estimate of drug-likeness (QED) is 0.320. The molecule has 2 aromatic heterocycles. The van der Waals surface area contributed by atoms with Gasteiger partial charge in [-0.15, -0.1) is 0 Å². The van der Waals surface area contributed by atoms with Gasteiger partial charge in [0.05, 0.1) is 36.2 Å². The molecule has 2 aliphatic heterocycles. The molecule has 38 heavy (non-hydrogen) atoms. The second kappa shape index (κ2) is 10.6. The van der Waals surface area contributed by atoms with E-state index >= 15 is 0 Å². The molecule has 4 heterocycles. The number of fused-ring (bicyclic) bond motifs is 2. The maximum absolute atomic E-state index is 12.3. The van der Waals surface area contributed by atoms with E-state index in [0.29, 0.717) is 25.5 Å². The molecule has 0 radical (unpaired) electrons. The number of ether oxygens (including phenoxy) is 1. The molecule has 9 nitrogen and oxygen atoms in total. The van der Waals surface area contributed by atoms with Crippen LogP contribution < -0.4 is 16.0 Å². The summed E-state index contributed by atoms with van der Waals surface area (Å²) in [4.78, 5) is 12.3. The predicted molar refractivity (Wildman–Crippen MR) is 150 cm³/mol. The van der Waals surface area contributed by atoms with Crippen molar-refractivity contribution < 1.29 is 9.53 Å². The van der Waals surface area contributed by atoms with Gasteiger partial charge >= 0.3 is 0 Å².